The number of furan rings is 2. The van der Waals surface area contributed by atoms with Gasteiger partial charge in [-0.15, -0.1) is 0 Å². The Morgan fingerprint density at radius 2 is 0.851 bits per heavy atom. The Morgan fingerprint density at radius 3 is 1.49 bits per heavy atom. The van der Waals surface area contributed by atoms with Crippen molar-refractivity contribution in [2.75, 3.05) is 0 Å². The molecular weight excluding hydrogens is 911 g/mol. The van der Waals surface area contributed by atoms with E-state index >= 15 is 0 Å². The molecule has 9 nitrogen and oxygen atoms in total. The predicted molar refractivity (Wildman–Crippen MR) is 294 cm³/mol. The molecule has 0 spiro atoms. The summed E-state index contributed by atoms with van der Waals surface area (Å²) in [6, 6.07) is 75.9. The average Bonchev–Trinajstić information content (AvgIpc) is 4.23. The van der Waals surface area contributed by atoms with Gasteiger partial charge in [0.2, 0.25) is 0 Å². The second kappa shape index (κ2) is 16.0. The van der Waals surface area contributed by atoms with Gasteiger partial charge >= 0.3 is 0 Å². The SMILES string of the molecule is N#Cc1cccc(-c2ccc(-c3nc(-c4ccccc4)nc(-c4cc(C#N)ccc4-n4c5ccccc5c5c6oc7ccccc7c6ccc54)n3)c(-n3c4ccccc4c4c5oc6ccccc6c5ccc43)c2)c1. The molecule has 0 aliphatic rings. The Hall–Kier alpha value is -10.6. The van der Waals surface area contributed by atoms with Crippen LogP contribution in [0.4, 0.5) is 0 Å². The lowest BCUT2D eigenvalue weighted by molar-refractivity contribution is 0.672. The smallest absolute Gasteiger partial charge is 0.166 e. The van der Waals surface area contributed by atoms with Crippen LogP contribution in [-0.4, -0.2) is 24.1 Å². The van der Waals surface area contributed by atoms with E-state index in [9.17, 15) is 10.5 Å². The molecule has 0 saturated heterocycles. The van der Waals surface area contributed by atoms with Crippen LogP contribution in [-0.2, 0) is 0 Å². The molecule has 0 bridgehead atoms. The van der Waals surface area contributed by atoms with Gasteiger partial charge in [0.05, 0.1) is 67.5 Å². The molecule has 5 aromatic heterocycles. The first kappa shape index (κ1) is 41.2. The van der Waals surface area contributed by atoms with E-state index in [-0.39, 0.29) is 0 Å². The summed E-state index contributed by atoms with van der Waals surface area (Å²) in [6.07, 6.45) is 0. The lowest BCUT2D eigenvalue weighted by Gasteiger charge is -2.17. The molecule has 342 valence electrons. The van der Waals surface area contributed by atoms with Gasteiger partial charge in [-0.3, -0.25) is 0 Å². The molecule has 0 atom stereocenters. The Morgan fingerprint density at radius 1 is 0.338 bits per heavy atom. The van der Waals surface area contributed by atoms with Gasteiger partial charge in [-0.2, -0.15) is 10.5 Å². The fraction of sp³-hybridized carbons (Fsp3) is 0. The summed E-state index contributed by atoms with van der Waals surface area (Å²) in [5, 5.41) is 28.8. The van der Waals surface area contributed by atoms with E-state index in [1.165, 1.54) is 0 Å². The van der Waals surface area contributed by atoms with Gasteiger partial charge in [0, 0.05) is 49.0 Å². The summed E-state index contributed by atoms with van der Waals surface area (Å²) >= 11 is 0. The van der Waals surface area contributed by atoms with E-state index in [0.717, 1.165) is 121 Å². The molecule has 15 rings (SSSR count). The molecular formula is C65H35N7O2. The van der Waals surface area contributed by atoms with Crippen LogP contribution >= 0.6 is 0 Å². The number of fused-ring (bicyclic) bond motifs is 14. The van der Waals surface area contributed by atoms with Crippen LogP contribution in [0.1, 0.15) is 11.1 Å². The second-order valence-electron chi connectivity index (χ2n) is 18.5. The predicted octanol–water partition coefficient (Wildman–Crippen LogP) is 16.3. The number of nitriles is 2. The summed E-state index contributed by atoms with van der Waals surface area (Å²) in [7, 11) is 0. The highest BCUT2D eigenvalue weighted by Crippen LogP contribution is 2.45. The van der Waals surface area contributed by atoms with Crippen LogP contribution in [0.25, 0.3) is 144 Å². The van der Waals surface area contributed by atoms with Crippen LogP contribution in [0.3, 0.4) is 0 Å². The molecule has 74 heavy (non-hydrogen) atoms. The molecule has 5 heterocycles. The third-order valence-electron chi connectivity index (χ3n) is 14.4. The third kappa shape index (κ3) is 6.11. The largest absolute Gasteiger partial charge is 0.455 e. The van der Waals surface area contributed by atoms with Crippen LogP contribution in [0, 0.1) is 22.7 Å². The van der Waals surface area contributed by atoms with Gasteiger partial charge in [-0.1, -0.05) is 121 Å². The number of rotatable bonds is 6. The van der Waals surface area contributed by atoms with Gasteiger partial charge in [-0.05, 0) is 102 Å². The van der Waals surface area contributed by atoms with Crippen molar-refractivity contribution in [3.05, 3.63) is 223 Å². The van der Waals surface area contributed by atoms with Crippen LogP contribution in [0.15, 0.2) is 221 Å². The maximum atomic E-state index is 10.6. The fourth-order valence-electron chi connectivity index (χ4n) is 11.2. The lowest BCUT2D eigenvalue weighted by atomic mass is 9.99. The first-order valence-electron chi connectivity index (χ1n) is 24.3. The molecule has 0 radical (unpaired) electrons. The Kier molecular flexibility index (Phi) is 8.88. The van der Waals surface area contributed by atoms with E-state index in [0.29, 0.717) is 34.2 Å². The van der Waals surface area contributed by atoms with E-state index < -0.39 is 0 Å². The highest BCUT2D eigenvalue weighted by Gasteiger charge is 2.26. The molecule has 0 aliphatic carbocycles. The third-order valence-corrected chi connectivity index (χ3v) is 14.4. The monoisotopic (exact) mass is 945 g/mol. The zero-order valence-corrected chi connectivity index (χ0v) is 39.2. The molecule has 0 N–H and O–H groups in total. The second-order valence-corrected chi connectivity index (χ2v) is 18.5. The topological polar surface area (TPSA) is 122 Å². The Labute approximate surface area is 421 Å². The number of nitrogens with zero attached hydrogens (tertiary/aromatic N) is 7. The van der Waals surface area contributed by atoms with Gasteiger partial charge in [0.15, 0.2) is 17.5 Å². The maximum Gasteiger partial charge on any atom is 0.166 e. The van der Waals surface area contributed by atoms with Crippen molar-refractivity contribution in [1.29, 1.82) is 10.5 Å². The normalized spacial score (nSPS) is 11.8. The Bertz CT molecular complexity index is 4950. The molecule has 0 amide bonds. The minimum absolute atomic E-state index is 0.389. The van der Waals surface area contributed by atoms with E-state index in [1.54, 1.807) is 0 Å². The Balaban J connectivity index is 1.03. The quantitative estimate of drug-likeness (QED) is 0.163. The van der Waals surface area contributed by atoms with Crippen LogP contribution in [0.5, 0.6) is 0 Å². The van der Waals surface area contributed by atoms with E-state index in [2.05, 4.69) is 118 Å². The van der Waals surface area contributed by atoms with Gasteiger partial charge < -0.3 is 18.0 Å². The standard InChI is InChI=1S/C65H35N7O2/c66-36-38-13-12-16-41(33-38)42-26-27-49(56(35-42)72-52-22-9-5-20-48(52)60-55(72)32-29-46-44-18-7-11-24-58(44)74-62(46)60)64-68-63(40-14-2-1-3-15-40)69-65(70-64)50-34-39(37-67)25-30-53(50)71-51-21-8-4-19-47(51)59-54(71)31-28-45-43-17-6-10-23-57(43)73-61(45)59/h1-35H. The van der Waals surface area contributed by atoms with Crippen molar-refractivity contribution in [2.45, 2.75) is 0 Å². The first-order chi connectivity index (χ1) is 36.6. The zero-order chi connectivity index (χ0) is 49.0. The lowest BCUT2D eigenvalue weighted by Crippen LogP contribution is -2.06. The van der Waals surface area contributed by atoms with Crippen molar-refractivity contribution in [2.24, 2.45) is 0 Å². The summed E-state index contributed by atoms with van der Waals surface area (Å²) in [5.41, 5.74) is 13.7. The number of benzene rings is 10. The molecule has 0 fully saturated rings. The van der Waals surface area contributed by atoms with Crippen molar-refractivity contribution in [3.8, 4) is 68.8 Å². The van der Waals surface area contributed by atoms with Crippen LogP contribution in [0.2, 0.25) is 0 Å². The minimum atomic E-state index is 0.389. The summed E-state index contributed by atoms with van der Waals surface area (Å²) in [6.45, 7) is 0. The molecule has 15 aromatic rings. The van der Waals surface area contributed by atoms with Crippen molar-refractivity contribution in [3.63, 3.8) is 0 Å². The van der Waals surface area contributed by atoms with Crippen LogP contribution < -0.4 is 0 Å². The highest BCUT2D eigenvalue weighted by atomic mass is 16.3. The summed E-state index contributed by atoms with van der Waals surface area (Å²) in [5.74, 6) is 1.28. The zero-order valence-electron chi connectivity index (χ0n) is 39.2. The molecule has 0 aliphatic heterocycles. The maximum absolute atomic E-state index is 10.6. The fourth-order valence-corrected chi connectivity index (χ4v) is 11.2. The number of para-hydroxylation sites is 4. The average molecular weight is 946 g/mol. The summed E-state index contributed by atoms with van der Waals surface area (Å²) < 4.78 is 17.9. The van der Waals surface area contributed by atoms with Gasteiger partial charge in [0.1, 0.15) is 22.3 Å². The molecule has 9 heteroatoms. The highest BCUT2D eigenvalue weighted by molar-refractivity contribution is 6.25. The van der Waals surface area contributed by atoms with E-state index in [1.807, 2.05) is 115 Å². The van der Waals surface area contributed by atoms with Crippen molar-refractivity contribution in [1.82, 2.24) is 24.1 Å². The molecule has 0 unspecified atom stereocenters. The summed E-state index contributed by atoms with van der Waals surface area (Å²) in [4.78, 5) is 16.1. The minimum Gasteiger partial charge on any atom is -0.455 e. The molecule has 0 saturated carbocycles. The number of hydrogen-bond acceptors (Lipinski definition) is 7. The van der Waals surface area contributed by atoms with Crippen molar-refractivity contribution < 1.29 is 8.83 Å². The number of aromatic nitrogens is 5. The number of hydrogen-bond donors (Lipinski definition) is 0. The van der Waals surface area contributed by atoms with Gasteiger partial charge in [-0.25, -0.2) is 15.0 Å². The van der Waals surface area contributed by atoms with Gasteiger partial charge in [0.25, 0.3) is 0 Å². The van der Waals surface area contributed by atoms with Crippen molar-refractivity contribution >= 4 is 87.5 Å². The van der Waals surface area contributed by atoms with E-state index in [4.69, 9.17) is 23.8 Å². The first-order valence-corrected chi connectivity index (χ1v) is 24.3. The molecule has 10 aromatic carbocycles.